The molecule has 1 aromatic rings. The Balaban J connectivity index is 2.05. The van der Waals surface area contributed by atoms with E-state index in [1.807, 2.05) is 19.9 Å². The molecule has 124 valence electrons. The first-order chi connectivity index (χ1) is 10.8. The number of rotatable bonds is 2. The highest BCUT2D eigenvalue weighted by molar-refractivity contribution is 5.91. The summed E-state index contributed by atoms with van der Waals surface area (Å²) in [6, 6.07) is 3.53. The Morgan fingerprint density at radius 1 is 1.30 bits per heavy atom. The van der Waals surface area contributed by atoms with E-state index in [-0.39, 0.29) is 12.3 Å². The van der Waals surface area contributed by atoms with Gasteiger partial charge in [-0.3, -0.25) is 4.79 Å². The van der Waals surface area contributed by atoms with Crippen LogP contribution in [-0.2, 0) is 14.3 Å². The predicted molar refractivity (Wildman–Crippen MR) is 80.4 cm³/mol. The van der Waals surface area contributed by atoms with E-state index in [1.54, 1.807) is 20.1 Å². The zero-order valence-electron chi connectivity index (χ0n) is 13.6. The molecule has 23 heavy (non-hydrogen) atoms. The van der Waals surface area contributed by atoms with Gasteiger partial charge in [0.25, 0.3) is 0 Å². The van der Waals surface area contributed by atoms with Crippen LogP contribution in [0.1, 0.15) is 37.3 Å². The molecule has 0 unspecified atom stereocenters. The van der Waals surface area contributed by atoms with Crippen LogP contribution in [0.15, 0.2) is 12.1 Å². The van der Waals surface area contributed by atoms with E-state index < -0.39 is 29.6 Å². The van der Waals surface area contributed by atoms with Crippen molar-refractivity contribution in [1.82, 2.24) is 0 Å². The summed E-state index contributed by atoms with van der Waals surface area (Å²) in [5, 5.41) is 10.8. The number of fused-ring (bicyclic) bond motifs is 1. The molecule has 4 atom stereocenters. The average molecular weight is 320 g/mol. The van der Waals surface area contributed by atoms with Crippen LogP contribution in [0.3, 0.4) is 0 Å². The van der Waals surface area contributed by atoms with E-state index in [9.17, 15) is 14.7 Å². The second kappa shape index (κ2) is 5.23. The van der Waals surface area contributed by atoms with Gasteiger partial charge in [-0.2, -0.15) is 0 Å². The van der Waals surface area contributed by atoms with E-state index in [2.05, 4.69) is 0 Å². The fraction of sp³-hybridized carbons (Fsp3) is 0.529. The molecular weight excluding hydrogens is 300 g/mol. The fourth-order valence-corrected chi connectivity index (χ4v) is 3.62. The Morgan fingerprint density at radius 2 is 2.00 bits per heavy atom. The lowest BCUT2D eigenvalue weighted by Gasteiger charge is -2.36. The molecule has 0 aliphatic carbocycles. The number of carbonyl (C=O) groups excluding carboxylic acids is 2. The first-order valence-electron chi connectivity index (χ1n) is 7.61. The number of ether oxygens (including phenoxy) is 3. The monoisotopic (exact) mass is 320 g/mol. The number of aryl methyl sites for hydroxylation is 1. The SMILES string of the molecule is COc1cc2c(cc1C)[C@@H](C)[C@H]([C@]1(O)C[C@H](C)OC1=O)C(=O)O2. The number of hydrogen-bond donors (Lipinski definition) is 1. The number of hydrogen-bond acceptors (Lipinski definition) is 6. The van der Waals surface area contributed by atoms with E-state index >= 15 is 0 Å². The Morgan fingerprint density at radius 3 is 2.57 bits per heavy atom. The van der Waals surface area contributed by atoms with Crippen molar-refractivity contribution in [3.63, 3.8) is 0 Å². The van der Waals surface area contributed by atoms with E-state index in [4.69, 9.17) is 14.2 Å². The van der Waals surface area contributed by atoms with Gasteiger partial charge in [-0.15, -0.1) is 0 Å². The number of carbonyl (C=O) groups is 2. The third kappa shape index (κ3) is 2.28. The first-order valence-corrected chi connectivity index (χ1v) is 7.61. The second-order valence-corrected chi connectivity index (χ2v) is 6.39. The third-order valence-electron chi connectivity index (χ3n) is 4.76. The summed E-state index contributed by atoms with van der Waals surface area (Å²) in [5.74, 6) is -1.71. The van der Waals surface area contributed by atoms with Crippen molar-refractivity contribution >= 4 is 11.9 Å². The lowest BCUT2D eigenvalue weighted by atomic mass is 9.73. The molecule has 1 fully saturated rings. The minimum Gasteiger partial charge on any atom is -0.496 e. The van der Waals surface area contributed by atoms with Crippen molar-refractivity contribution in [1.29, 1.82) is 0 Å². The van der Waals surface area contributed by atoms with E-state index in [0.29, 0.717) is 11.5 Å². The summed E-state index contributed by atoms with van der Waals surface area (Å²) in [5.41, 5.74) is -0.181. The Labute approximate surface area is 134 Å². The highest BCUT2D eigenvalue weighted by Gasteiger charge is 2.58. The molecule has 0 bridgehead atoms. The van der Waals surface area contributed by atoms with Gasteiger partial charge >= 0.3 is 11.9 Å². The number of aliphatic hydroxyl groups is 1. The predicted octanol–water partition coefficient (Wildman–Crippen LogP) is 1.71. The van der Waals surface area contributed by atoms with Gasteiger partial charge < -0.3 is 19.3 Å². The van der Waals surface area contributed by atoms with Gasteiger partial charge in [0.15, 0.2) is 5.60 Å². The Hall–Kier alpha value is -2.08. The molecule has 1 N–H and O–H groups in total. The van der Waals surface area contributed by atoms with Crippen LogP contribution in [-0.4, -0.2) is 35.9 Å². The van der Waals surface area contributed by atoms with Crippen LogP contribution in [0.4, 0.5) is 0 Å². The molecule has 2 heterocycles. The van der Waals surface area contributed by atoms with Crippen LogP contribution in [0.5, 0.6) is 11.5 Å². The van der Waals surface area contributed by atoms with Crippen molar-refractivity contribution in [2.75, 3.05) is 7.11 Å². The summed E-state index contributed by atoms with van der Waals surface area (Å²) < 4.78 is 15.7. The topological polar surface area (TPSA) is 82.1 Å². The Bertz CT molecular complexity index is 682. The molecule has 0 aromatic heterocycles. The van der Waals surface area contributed by atoms with Gasteiger partial charge in [-0.05, 0) is 31.0 Å². The highest BCUT2D eigenvalue weighted by atomic mass is 16.6. The summed E-state index contributed by atoms with van der Waals surface area (Å²) in [4.78, 5) is 24.5. The van der Waals surface area contributed by atoms with Crippen molar-refractivity contribution in [3.05, 3.63) is 23.3 Å². The molecule has 6 nitrogen and oxygen atoms in total. The normalized spacial score (nSPS) is 33.0. The van der Waals surface area contributed by atoms with Gasteiger partial charge in [-0.1, -0.05) is 6.92 Å². The molecular formula is C17H20O6. The summed E-state index contributed by atoms with van der Waals surface area (Å²) in [6.07, 6.45) is -0.341. The van der Waals surface area contributed by atoms with Crippen LogP contribution in [0.2, 0.25) is 0 Å². The zero-order valence-corrected chi connectivity index (χ0v) is 13.6. The van der Waals surface area contributed by atoms with Gasteiger partial charge in [0.05, 0.1) is 7.11 Å². The third-order valence-corrected chi connectivity index (χ3v) is 4.76. The summed E-state index contributed by atoms with van der Waals surface area (Å²) >= 11 is 0. The molecule has 1 aromatic carbocycles. The van der Waals surface area contributed by atoms with Crippen molar-refractivity contribution in [2.45, 2.75) is 44.8 Å². The second-order valence-electron chi connectivity index (χ2n) is 6.39. The molecule has 6 heteroatoms. The van der Waals surface area contributed by atoms with Gasteiger partial charge in [0.1, 0.15) is 23.5 Å². The quantitative estimate of drug-likeness (QED) is 0.660. The average Bonchev–Trinajstić information content (AvgIpc) is 2.72. The van der Waals surface area contributed by atoms with Crippen molar-refractivity contribution < 1.29 is 28.9 Å². The van der Waals surface area contributed by atoms with E-state index in [0.717, 1.165) is 11.1 Å². The van der Waals surface area contributed by atoms with Gasteiger partial charge in [0, 0.05) is 18.4 Å². The molecule has 2 aliphatic heterocycles. The fourth-order valence-electron chi connectivity index (χ4n) is 3.62. The molecule has 0 radical (unpaired) electrons. The molecule has 0 saturated carbocycles. The van der Waals surface area contributed by atoms with Crippen molar-refractivity contribution in [2.24, 2.45) is 5.92 Å². The van der Waals surface area contributed by atoms with Crippen LogP contribution in [0.25, 0.3) is 0 Å². The maximum Gasteiger partial charge on any atom is 0.339 e. The largest absolute Gasteiger partial charge is 0.496 e. The molecule has 2 aliphatic rings. The summed E-state index contributed by atoms with van der Waals surface area (Å²) in [7, 11) is 1.55. The maximum atomic E-state index is 12.5. The number of cyclic esters (lactones) is 1. The van der Waals surface area contributed by atoms with Crippen LogP contribution in [0, 0.1) is 12.8 Å². The standard InChI is InChI=1S/C17H20O6/c1-8-5-11-10(3)14(17(20)7-9(2)22-16(17)19)15(18)23-13(11)6-12(8)21-4/h5-6,9-10,14,20H,7H2,1-4H3/t9-,10+,14-,17+/m0/s1. The van der Waals surface area contributed by atoms with Gasteiger partial charge in [-0.25, -0.2) is 4.79 Å². The van der Waals surface area contributed by atoms with E-state index in [1.165, 1.54) is 0 Å². The van der Waals surface area contributed by atoms with Crippen LogP contribution >= 0.6 is 0 Å². The van der Waals surface area contributed by atoms with Crippen molar-refractivity contribution in [3.8, 4) is 11.5 Å². The lowest BCUT2D eigenvalue weighted by molar-refractivity contribution is -0.169. The smallest absolute Gasteiger partial charge is 0.339 e. The molecule has 3 rings (SSSR count). The summed E-state index contributed by atoms with van der Waals surface area (Å²) in [6.45, 7) is 5.39. The lowest BCUT2D eigenvalue weighted by Crippen LogP contribution is -2.51. The molecule has 0 amide bonds. The van der Waals surface area contributed by atoms with Gasteiger partial charge in [0.2, 0.25) is 0 Å². The molecule has 1 saturated heterocycles. The van der Waals surface area contributed by atoms with Crippen LogP contribution < -0.4 is 9.47 Å². The first kappa shape index (κ1) is 15.8. The zero-order chi connectivity index (χ0) is 16.9. The maximum absolute atomic E-state index is 12.5. The molecule has 0 spiro atoms. The number of benzene rings is 1. The Kier molecular flexibility index (Phi) is 3.59. The minimum atomic E-state index is -1.85. The number of esters is 2. The highest BCUT2D eigenvalue weighted by Crippen LogP contribution is 2.47. The minimum absolute atomic E-state index is 0.0837. The number of methoxy groups -OCH3 is 1.